The third-order valence-corrected chi connectivity index (χ3v) is 2.56. The van der Waals surface area contributed by atoms with Crippen LogP contribution >= 0.6 is 0 Å². The summed E-state index contributed by atoms with van der Waals surface area (Å²) in [6.07, 6.45) is 3.40. The molecule has 1 aliphatic carbocycles. The predicted octanol–water partition coefficient (Wildman–Crippen LogP) is 1.60. The van der Waals surface area contributed by atoms with Crippen LogP contribution in [0.3, 0.4) is 0 Å². The predicted molar refractivity (Wildman–Crippen MR) is 50.7 cm³/mol. The highest BCUT2D eigenvalue weighted by atomic mass is 14.7. The van der Waals surface area contributed by atoms with Crippen molar-refractivity contribution >= 4 is 5.69 Å². The first-order valence-electron chi connectivity index (χ1n) is 4.42. The molecule has 0 radical (unpaired) electrons. The third kappa shape index (κ3) is 1.08. The zero-order chi connectivity index (χ0) is 8.55. The molecule has 0 saturated carbocycles. The van der Waals surface area contributed by atoms with E-state index in [1.165, 1.54) is 17.5 Å². The van der Waals surface area contributed by atoms with Crippen molar-refractivity contribution in [3.63, 3.8) is 0 Å². The van der Waals surface area contributed by atoms with Crippen molar-refractivity contribution in [3.05, 3.63) is 29.3 Å². The average Bonchev–Trinajstić information content (AvgIpc) is 2.04. The first-order chi connectivity index (χ1) is 5.79. The number of nitrogen functional groups attached to an aromatic ring is 1. The van der Waals surface area contributed by atoms with Crippen LogP contribution in [0.4, 0.5) is 5.69 Å². The summed E-state index contributed by atoms with van der Waals surface area (Å²) in [4.78, 5) is 0. The molecule has 0 fully saturated rings. The van der Waals surface area contributed by atoms with E-state index in [9.17, 15) is 0 Å². The molecule has 0 amide bonds. The Morgan fingerprint density at radius 2 is 2.17 bits per heavy atom. The van der Waals surface area contributed by atoms with E-state index < -0.39 is 0 Å². The van der Waals surface area contributed by atoms with Crippen LogP contribution in [0.25, 0.3) is 0 Å². The van der Waals surface area contributed by atoms with E-state index in [1.54, 1.807) is 0 Å². The van der Waals surface area contributed by atoms with Crippen molar-refractivity contribution in [1.29, 1.82) is 0 Å². The molecule has 1 aliphatic rings. The maximum Gasteiger partial charge on any atom is 0.0365 e. The molecule has 0 aliphatic heterocycles. The topological polar surface area (TPSA) is 52.0 Å². The molecule has 0 saturated heterocycles. The smallest absolute Gasteiger partial charge is 0.0365 e. The van der Waals surface area contributed by atoms with Gasteiger partial charge in [0, 0.05) is 11.7 Å². The van der Waals surface area contributed by atoms with Crippen LogP contribution in [-0.2, 0) is 6.42 Å². The lowest BCUT2D eigenvalue weighted by atomic mass is 9.87. The zero-order valence-electron chi connectivity index (χ0n) is 7.09. The van der Waals surface area contributed by atoms with Gasteiger partial charge in [-0.3, -0.25) is 0 Å². The lowest BCUT2D eigenvalue weighted by molar-refractivity contribution is 0.572. The van der Waals surface area contributed by atoms with Crippen LogP contribution in [0.2, 0.25) is 0 Å². The molecule has 64 valence electrons. The van der Waals surface area contributed by atoms with E-state index >= 15 is 0 Å². The average molecular weight is 162 g/mol. The summed E-state index contributed by atoms with van der Waals surface area (Å²) in [7, 11) is 0. The number of benzene rings is 1. The minimum atomic E-state index is 0.162. The molecule has 1 aromatic rings. The lowest BCUT2D eigenvalue weighted by Crippen LogP contribution is -2.18. The van der Waals surface area contributed by atoms with Gasteiger partial charge in [-0.2, -0.15) is 0 Å². The number of nitrogens with two attached hydrogens (primary N) is 2. The van der Waals surface area contributed by atoms with Crippen molar-refractivity contribution in [3.8, 4) is 0 Å². The Morgan fingerprint density at radius 3 is 2.92 bits per heavy atom. The molecule has 1 atom stereocenters. The number of hydrogen-bond acceptors (Lipinski definition) is 2. The van der Waals surface area contributed by atoms with Gasteiger partial charge in [0.15, 0.2) is 0 Å². The largest absolute Gasteiger partial charge is 0.398 e. The monoisotopic (exact) mass is 162 g/mol. The Labute approximate surface area is 72.6 Å². The van der Waals surface area contributed by atoms with Crippen LogP contribution in [0.1, 0.15) is 30.0 Å². The molecule has 4 N–H and O–H groups in total. The van der Waals surface area contributed by atoms with Crippen molar-refractivity contribution < 1.29 is 0 Å². The normalized spacial score (nSPS) is 21.9. The Kier molecular flexibility index (Phi) is 1.77. The molecular weight excluding hydrogens is 148 g/mol. The second-order valence-corrected chi connectivity index (χ2v) is 3.42. The molecular formula is C10H14N2. The fourth-order valence-electron chi connectivity index (χ4n) is 1.96. The number of aryl methyl sites for hydroxylation is 1. The van der Waals surface area contributed by atoms with Crippen LogP contribution in [0, 0.1) is 0 Å². The first-order valence-corrected chi connectivity index (χ1v) is 4.42. The first kappa shape index (κ1) is 7.62. The van der Waals surface area contributed by atoms with E-state index in [0.29, 0.717) is 0 Å². The van der Waals surface area contributed by atoms with Gasteiger partial charge in [-0.1, -0.05) is 12.1 Å². The van der Waals surface area contributed by atoms with E-state index in [1.807, 2.05) is 12.1 Å². The molecule has 0 unspecified atom stereocenters. The maximum absolute atomic E-state index is 5.97. The molecule has 1 aromatic carbocycles. The fourth-order valence-corrected chi connectivity index (χ4v) is 1.96. The van der Waals surface area contributed by atoms with Crippen molar-refractivity contribution in [1.82, 2.24) is 0 Å². The minimum absolute atomic E-state index is 0.162. The molecule has 2 nitrogen and oxygen atoms in total. The molecule has 0 heterocycles. The van der Waals surface area contributed by atoms with Crippen molar-refractivity contribution in [2.24, 2.45) is 5.73 Å². The second-order valence-electron chi connectivity index (χ2n) is 3.42. The number of fused-ring (bicyclic) bond motifs is 1. The van der Waals surface area contributed by atoms with Gasteiger partial charge in [0.1, 0.15) is 0 Å². The van der Waals surface area contributed by atoms with E-state index in [0.717, 1.165) is 18.5 Å². The number of rotatable bonds is 0. The van der Waals surface area contributed by atoms with Gasteiger partial charge in [-0.05, 0) is 36.5 Å². The van der Waals surface area contributed by atoms with E-state index in [2.05, 4.69) is 6.07 Å². The van der Waals surface area contributed by atoms with Crippen molar-refractivity contribution in [2.45, 2.75) is 25.3 Å². The number of hydrogen-bond donors (Lipinski definition) is 2. The van der Waals surface area contributed by atoms with E-state index in [4.69, 9.17) is 11.5 Å². The van der Waals surface area contributed by atoms with Gasteiger partial charge in [-0.15, -0.1) is 0 Å². The Hall–Kier alpha value is -1.02. The Bertz CT molecular complexity index is 294. The van der Waals surface area contributed by atoms with Gasteiger partial charge in [-0.25, -0.2) is 0 Å². The van der Waals surface area contributed by atoms with Crippen LogP contribution in [0.5, 0.6) is 0 Å². The summed E-state index contributed by atoms with van der Waals surface area (Å²) in [5.74, 6) is 0. The lowest BCUT2D eigenvalue weighted by Gasteiger charge is -2.23. The van der Waals surface area contributed by atoms with Crippen LogP contribution < -0.4 is 11.5 Å². The summed E-state index contributed by atoms with van der Waals surface area (Å²) >= 11 is 0. The molecule has 2 heteroatoms. The third-order valence-electron chi connectivity index (χ3n) is 2.56. The number of anilines is 1. The van der Waals surface area contributed by atoms with Gasteiger partial charge in [0.05, 0.1) is 0 Å². The maximum atomic E-state index is 5.97. The Morgan fingerprint density at radius 1 is 1.33 bits per heavy atom. The molecule has 0 spiro atoms. The zero-order valence-corrected chi connectivity index (χ0v) is 7.09. The summed E-state index contributed by atoms with van der Waals surface area (Å²) in [5.41, 5.74) is 15.2. The highest BCUT2D eigenvalue weighted by Crippen LogP contribution is 2.31. The quantitative estimate of drug-likeness (QED) is 0.569. The van der Waals surface area contributed by atoms with E-state index in [-0.39, 0.29) is 6.04 Å². The standard InChI is InChI=1S/C10H14N2/c11-8-5-1-3-7-4-2-6-9(12)10(7)8/h1,3,5,9H,2,4,6,11-12H2/t9-/m1/s1. The summed E-state index contributed by atoms with van der Waals surface area (Å²) < 4.78 is 0. The van der Waals surface area contributed by atoms with Gasteiger partial charge >= 0.3 is 0 Å². The second kappa shape index (κ2) is 2.79. The van der Waals surface area contributed by atoms with Gasteiger partial charge < -0.3 is 11.5 Å². The minimum Gasteiger partial charge on any atom is -0.398 e. The molecule has 12 heavy (non-hydrogen) atoms. The Balaban J connectivity index is 2.53. The fraction of sp³-hybridized carbons (Fsp3) is 0.400. The summed E-state index contributed by atoms with van der Waals surface area (Å²) in [6.45, 7) is 0. The highest BCUT2D eigenvalue weighted by Gasteiger charge is 2.18. The van der Waals surface area contributed by atoms with Crippen LogP contribution in [0.15, 0.2) is 18.2 Å². The summed E-state index contributed by atoms with van der Waals surface area (Å²) in [5, 5.41) is 0. The van der Waals surface area contributed by atoms with Crippen molar-refractivity contribution in [2.75, 3.05) is 5.73 Å². The SMILES string of the molecule is Nc1cccc2c1[C@H](N)CCC2. The highest BCUT2D eigenvalue weighted by molar-refractivity contribution is 5.53. The van der Waals surface area contributed by atoms with Crippen LogP contribution in [-0.4, -0.2) is 0 Å². The molecule has 0 aromatic heterocycles. The summed E-state index contributed by atoms with van der Waals surface area (Å²) in [6, 6.07) is 6.23. The van der Waals surface area contributed by atoms with Gasteiger partial charge in [0.2, 0.25) is 0 Å². The molecule has 2 rings (SSSR count). The van der Waals surface area contributed by atoms with Gasteiger partial charge in [0.25, 0.3) is 0 Å². The molecule has 0 bridgehead atoms.